The summed E-state index contributed by atoms with van der Waals surface area (Å²) in [6, 6.07) is 7.69. The number of ether oxygens (including phenoxy) is 2. The Morgan fingerprint density at radius 3 is 2.71 bits per heavy atom. The van der Waals surface area contributed by atoms with E-state index in [1.165, 1.54) is 0 Å². The van der Waals surface area contributed by atoms with E-state index in [1.54, 1.807) is 19.5 Å². The summed E-state index contributed by atoms with van der Waals surface area (Å²) >= 11 is 0. The van der Waals surface area contributed by atoms with E-state index in [4.69, 9.17) is 9.47 Å². The third-order valence-corrected chi connectivity index (χ3v) is 3.39. The van der Waals surface area contributed by atoms with Crippen LogP contribution < -0.4 is 4.74 Å². The number of methoxy groups -OCH3 is 1. The first kappa shape index (κ1) is 13.6. The molecule has 21 heavy (non-hydrogen) atoms. The topological polar surface area (TPSA) is 60.0 Å². The van der Waals surface area contributed by atoms with Gasteiger partial charge in [-0.1, -0.05) is 6.07 Å². The standard InChI is InChI=1S/C16H17N3O2/c1-10-14(12-6-4-5-8-17-12)15-13(21-11(2)20-3)7-9-18-16(15)19-10/h4-9,11H,1-3H3,(H,18,19). The Bertz CT molecular complexity index is 753. The van der Waals surface area contributed by atoms with Gasteiger partial charge in [-0.2, -0.15) is 0 Å². The zero-order valence-corrected chi connectivity index (χ0v) is 12.3. The lowest BCUT2D eigenvalue weighted by atomic mass is 10.1. The van der Waals surface area contributed by atoms with Crippen LogP contribution in [0.1, 0.15) is 12.6 Å². The number of nitrogens with zero attached hydrogens (tertiary/aromatic N) is 2. The molecule has 0 saturated carbocycles. The van der Waals surface area contributed by atoms with Crippen LogP contribution in [0.15, 0.2) is 36.7 Å². The molecule has 0 aliphatic heterocycles. The number of nitrogens with one attached hydrogen (secondary N) is 1. The maximum absolute atomic E-state index is 5.84. The van der Waals surface area contributed by atoms with Gasteiger partial charge in [0.15, 0.2) is 6.29 Å². The molecule has 1 N–H and O–H groups in total. The molecule has 5 heteroatoms. The molecule has 5 nitrogen and oxygen atoms in total. The molecule has 3 rings (SSSR count). The maximum atomic E-state index is 5.84. The van der Waals surface area contributed by atoms with Gasteiger partial charge >= 0.3 is 0 Å². The summed E-state index contributed by atoms with van der Waals surface area (Å²) in [6.07, 6.45) is 3.17. The number of fused-ring (bicyclic) bond motifs is 1. The first-order valence-corrected chi connectivity index (χ1v) is 6.79. The van der Waals surface area contributed by atoms with Gasteiger partial charge in [-0.3, -0.25) is 4.98 Å². The van der Waals surface area contributed by atoms with Crippen molar-refractivity contribution in [3.8, 4) is 17.0 Å². The van der Waals surface area contributed by atoms with E-state index < -0.39 is 0 Å². The highest BCUT2D eigenvalue weighted by Gasteiger charge is 2.17. The number of aromatic amines is 1. The van der Waals surface area contributed by atoms with Gasteiger partial charge < -0.3 is 14.5 Å². The van der Waals surface area contributed by atoms with Crippen LogP contribution in [0, 0.1) is 6.92 Å². The zero-order chi connectivity index (χ0) is 14.8. The van der Waals surface area contributed by atoms with E-state index >= 15 is 0 Å². The van der Waals surface area contributed by atoms with Gasteiger partial charge in [0.2, 0.25) is 0 Å². The Balaban J connectivity index is 2.22. The lowest BCUT2D eigenvalue weighted by molar-refractivity contribution is -0.0373. The minimum Gasteiger partial charge on any atom is -0.464 e. The molecule has 1 unspecified atom stereocenters. The molecular weight excluding hydrogens is 266 g/mol. The molecule has 0 saturated heterocycles. The van der Waals surface area contributed by atoms with E-state index in [2.05, 4.69) is 15.0 Å². The minimum absolute atomic E-state index is 0.331. The van der Waals surface area contributed by atoms with Crippen molar-refractivity contribution in [3.05, 3.63) is 42.4 Å². The van der Waals surface area contributed by atoms with Crippen molar-refractivity contribution < 1.29 is 9.47 Å². The van der Waals surface area contributed by atoms with Gasteiger partial charge in [-0.25, -0.2) is 4.98 Å². The molecule has 0 spiro atoms. The monoisotopic (exact) mass is 283 g/mol. The number of hydrogen-bond acceptors (Lipinski definition) is 4. The average molecular weight is 283 g/mol. The summed E-state index contributed by atoms with van der Waals surface area (Å²) in [6.45, 7) is 3.86. The number of H-pyrrole nitrogens is 1. The van der Waals surface area contributed by atoms with Crippen molar-refractivity contribution >= 4 is 11.0 Å². The summed E-state index contributed by atoms with van der Waals surface area (Å²) in [5.74, 6) is 0.736. The lowest BCUT2D eigenvalue weighted by Crippen LogP contribution is -2.13. The molecule has 1 atom stereocenters. The van der Waals surface area contributed by atoms with Crippen molar-refractivity contribution in [2.75, 3.05) is 7.11 Å². The second kappa shape index (κ2) is 5.54. The SMILES string of the molecule is COC(C)Oc1ccnc2[nH]c(C)c(-c3ccccn3)c12. The van der Waals surface area contributed by atoms with Gasteiger partial charge in [0, 0.05) is 30.8 Å². The van der Waals surface area contributed by atoms with Crippen molar-refractivity contribution in [2.45, 2.75) is 20.1 Å². The zero-order valence-electron chi connectivity index (χ0n) is 12.3. The number of pyridine rings is 2. The molecule has 3 aromatic heterocycles. The lowest BCUT2D eigenvalue weighted by Gasteiger charge is -2.14. The van der Waals surface area contributed by atoms with Crippen LogP contribution in [0.2, 0.25) is 0 Å². The number of rotatable bonds is 4. The molecule has 0 aliphatic carbocycles. The smallest absolute Gasteiger partial charge is 0.196 e. The first-order chi connectivity index (χ1) is 10.2. The molecule has 0 aliphatic rings. The van der Waals surface area contributed by atoms with Crippen LogP contribution in [-0.2, 0) is 4.74 Å². The van der Waals surface area contributed by atoms with Crippen molar-refractivity contribution in [2.24, 2.45) is 0 Å². The summed E-state index contributed by atoms with van der Waals surface area (Å²) in [5, 5.41) is 0.928. The highest BCUT2D eigenvalue weighted by atomic mass is 16.7. The van der Waals surface area contributed by atoms with Gasteiger partial charge in [-0.05, 0) is 32.0 Å². The van der Waals surface area contributed by atoms with Crippen LogP contribution in [0.3, 0.4) is 0 Å². The van der Waals surface area contributed by atoms with Crippen molar-refractivity contribution in [1.29, 1.82) is 0 Å². The van der Waals surface area contributed by atoms with E-state index in [1.807, 2.05) is 38.1 Å². The second-order valence-electron chi connectivity index (χ2n) is 4.79. The molecule has 3 aromatic rings. The fraction of sp³-hybridized carbons (Fsp3) is 0.250. The normalized spacial score (nSPS) is 12.5. The van der Waals surface area contributed by atoms with Gasteiger partial charge in [-0.15, -0.1) is 0 Å². The van der Waals surface area contributed by atoms with Gasteiger partial charge in [0.25, 0.3) is 0 Å². The predicted molar refractivity (Wildman–Crippen MR) is 81.2 cm³/mol. The van der Waals surface area contributed by atoms with Crippen molar-refractivity contribution in [3.63, 3.8) is 0 Å². The summed E-state index contributed by atoms with van der Waals surface area (Å²) in [7, 11) is 1.62. The second-order valence-corrected chi connectivity index (χ2v) is 4.79. The van der Waals surface area contributed by atoms with Crippen LogP contribution in [0.5, 0.6) is 5.75 Å². The number of hydrogen-bond donors (Lipinski definition) is 1. The van der Waals surface area contributed by atoms with Crippen LogP contribution in [0.4, 0.5) is 0 Å². The van der Waals surface area contributed by atoms with E-state index in [0.29, 0.717) is 0 Å². The summed E-state index contributed by atoms with van der Waals surface area (Å²) in [4.78, 5) is 12.1. The van der Waals surface area contributed by atoms with E-state index in [0.717, 1.165) is 33.7 Å². The molecule has 0 radical (unpaired) electrons. The Morgan fingerprint density at radius 1 is 1.14 bits per heavy atom. The average Bonchev–Trinajstić information content (AvgIpc) is 2.85. The Morgan fingerprint density at radius 2 is 2.00 bits per heavy atom. The van der Waals surface area contributed by atoms with Crippen LogP contribution >= 0.6 is 0 Å². The summed E-state index contributed by atoms with van der Waals surface area (Å²) in [5.41, 5.74) is 3.70. The number of aromatic nitrogens is 3. The third-order valence-electron chi connectivity index (χ3n) is 3.39. The Labute approximate surface area is 123 Å². The Kier molecular flexibility index (Phi) is 3.58. The van der Waals surface area contributed by atoms with Crippen LogP contribution in [0.25, 0.3) is 22.3 Å². The molecule has 108 valence electrons. The third kappa shape index (κ3) is 2.48. The fourth-order valence-corrected chi connectivity index (χ4v) is 2.36. The Hall–Kier alpha value is -2.40. The quantitative estimate of drug-likeness (QED) is 0.746. The molecule has 0 fully saturated rings. The maximum Gasteiger partial charge on any atom is 0.196 e. The first-order valence-electron chi connectivity index (χ1n) is 6.79. The molecule has 0 amide bonds. The number of aryl methyl sites for hydroxylation is 1. The van der Waals surface area contributed by atoms with Crippen molar-refractivity contribution in [1.82, 2.24) is 15.0 Å². The van der Waals surface area contributed by atoms with E-state index in [-0.39, 0.29) is 6.29 Å². The highest BCUT2D eigenvalue weighted by Crippen LogP contribution is 2.36. The fourth-order valence-electron chi connectivity index (χ4n) is 2.36. The molecule has 3 heterocycles. The highest BCUT2D eigenvalue weighted by molar-refractivity contribution is 5.98. The molecular formula is C16H17N3O2. The van der Waals surface area contributed by atoms with Gasteiger partial charge in [0.05, 0.1) is 11.1 Å². The molecule has 0 aromatic carbocycles. The predicted octanol–water partition coefficient (Wildman–Crippen LogP) is 3.30. The minimum atomic E-state index is -0.331. The largest absolute Gasteiger partial charge is 0.464 e. The van der Waals surface area contributed by atoms with Crippen LogP contribution in [-0.4, -0.2) is 28.4 Å². The summed E-state index contributed by atoms with van der Waals surface area (Å²) < 4.78 is 11.0. The van der Waals surface area contributed by atoms with Gasteiger partial charge in [0.1, 0.15) is 11.4 Å². The molecule has 0 bridgehead atoms. The van der Waals surface area contributed by atoms with E-state index in [9.17, 15) is 0 Å².